The molecule has 4 nitrogen and oxygen atoms in total. The number of fused-ring (bicyclic) bond motifs is 1. The second-order valence-corrected chi connectivity index (χ2v) is 5.81. The predicted molar refractivity (Wildman–Crippen MR) is 87.9 cm³/mol. The number of nitrogens with two attached hydrogens (primary N) is 1. The van der Waals surface area contributed by atoms with E-state index in [0.29, 0.717) is 17.1 Å². The summed E-state index contributed by atoms with van der Waals surface area (Å²) in [5.74, 6) is 0.912. The van der Waals surface area contributed by atoms with Gasteiger partial charge in [0, 0.05) is 4.47 Å². The molecule has 106 valence electrons. The van der Waals surface area contributed by atoms with E-state index in [2.05, 4.69) is 25.9 Å². The molecule has 0 aliphatic carbocycles. The molecule has 0 spiro atoms. The van der Waals surface area contributed by atoms with E-state index in [9.17, 15) is 0 Å². The Bertz CT molecular complexity index is 839. The van der Waals surface area contributed by atoms with Crippen LogP contribution in [0.5, 0.6) is 11.6 Å². The zero-order valence-corrected chi connectivity index (χ0v) is 13.4. The van der Waals surface area contributed by atoms with Gasteiger partial charge in [0.2, 0.25) is 11.2 Å². The highest BCUT2D eigenvalue weighted by atomic mass is 79.9. The molecule has 0 radical (unpaired) electrons. The van der Waals surface area contributed by atoms with Crippen molar-refractivity contribution < 1.29 is 4.74 Å². The third-order valence-corrected chi connectivity index (χ3v) is 3.72. The van der Waals surface area contributed by atoms with Crippen molar-refractivity contribution in [3.05, 3.63) is 51.8 Å². The SMILES string of the molecule is Cc1nc(Cl)nc(Oc2ccc3cc(Br)ccc3c2)c1N. The second-order valence-electron chi connectivity index (χ2n) is 4.55. The monoisotopic (exact) mass is 363 g/mol. The molecular formula is C15H11BrClN3O. The maximum atomic E-state index is 5.92. The summed E-state index contributed by atoms with van der Waals surface area (Å²) in [7, 11) is 0. The molecule has 0 fully saturated rings. The summed E-state index contributed by atoms with van der Waals surface area (Å²) >= 11 is 9.29. The standard InChI is InChI=1S/C15H11BrClN3O/c1-8-13(18)14(20-15(17)19-8)21-12-5-3-9-6-11(16)4-2-10(9)7-12/h2-7H,18H2,1H3. The fourth-order valence-corrected chi connectivity index (χ4v) is 2.55. The molecule has 0 aliphatic rings. The Labute approximate surface area is 135 Å². The Morgan fingerprint density at radius 2 is 1.81 bits per heavy atom. The first-order valence-corrected chi connectivity index (χ1v) is 7.37. The lowest BCUT2D eigenvalue weighted by Gasteiger charge is -2.10. The van der Waals surface area contributed by atoms with Crippen LogP contribution in [0, 0.1) is 6.92 Å². The molecule has 3 aromatic rings. The van der Waals surface area contributed by atoms with Crippen molar-refractivity contribution in [3.8, 4) is 11.6 Å². The molecule has 0 saturated carbocycles. The Balaban J connectivity index is 2.00. The number of hydrogen-bond donors (Lipinski definition) is 1. The van der Waals surface area contributed by atoms with Crippen molar-refractivity contribution >= 4 is 44.0 Å². The molecule has 0 atom stereocenters. The summed E-state index contributed by atoms with van der Waals surface area (Å²) in [6.07, 6.45) is 0. The van der Waals surface area contributed by atoms with Crippen molar-refractivity contribution in [2.75, 3.05) is 5.73 Å². The van der Waals surface area contributed by atoms with Crippen LogP contribution in [-0.4, -0.2) is 9.97 Å². The van der Waals surface area contributed by atoms with Gasteiger partial charge < -0.3 is 10.5 Å². The smallest absolute Gasteiger partial charge is 0.247 e. The number of benzene rings is 2. The molecule has 0 bridgehead atoms. The molecule has 2 N–H and O–H groups in total. The van der Waals surface area contributed by atoms with Crippen LogP contribution in [0.1, 0.15) is 5.69 Å². The number of nitrogen functional groups attached to an aromatic ring is 1. The van der Waals surface area contributed by atoms with Crippen LogP contribution in [0.3, 0.4) is 0 Å². The molecule has 1 aromatic heterocycles. The molecule has 0 amide bonds. The van der Waals surface area contributed by atoms with Gasteiger partial charge in [-0.3, -0.25) is 0 Å². The van der Waals surface area contributed by atoms with Gasteiger partial charge in [0.05, 0.1) is 5.69 Å². The summed E-state index contributed by atoms with van der Waals surface area (Å²) in [6.45, 7) is 1.76. The molecule has 3 rings (SSSR count). The Morgan fingerprint density at radius 3 is 2.62 bits per heavy atom. The van der Waals surface area contributed by atoms with Gasteiger partial charge in [-0.25, -0.2) is 4.98 Å². The average molecular weight is 365 g/mol. The summed E-state index contributed by atoms with van der Waals surface area (Å²) in [6, 6.07) is 11.8. The van der Waals surface area contributed by atoms with E-state index in [0.717, 1.165) is 15.2 Å². The Kier molecular flexibility index (Phi) is 3.69. The van der Waals surface area contributed by atoms with Gasteiger partial charge in [-0.15, -0.1) is 0 Å². The van der Waals surface area contributed by atoms with Crippen LogP contribution >= 0.6 is 27.5 Å². The number of anilines is 1. The fraction of sp³-hybridized carbons (Fsp3) is 0.0667. The topological polar surface area (TPSA) is 61.0 Å². The highest BCUT2D eigenvalue weighted by Gasteiger charge is 2.10. The van der Waals surface area contributed by atoms with Crippen LogP contribution < -0.4 is 10.5 Å². The Hall–Kier alpha value is -1.85. The molecule has 2 aromatic carbocycles. The van der Waals surface area contributed by atoms with E-state index >= 15 is 0 Å². The summed E-state index contributed by atoms with van der Waals surface area (Å²) in [5.41, 5.74) is 6.89. The van der Waals surface area contributed by atoms with Crippen molar-refractivity contribution in [2.45, 2.75) is 6.92 Å². The first-order valence-electron chi connectivity index (χ1n) is 6.20. The molecule has 0 saturated heterocycles. The summed E-state index contributed by atoms with van der Waals surface area (Å²) in [4.78, 5) is 8.00. The van der Waals surface area contributed by atoms with E-state index < -0.39 is 0 Å². The van der Waals surface area contributed by atoms with Gasteiger partial charge in [0.15, 0.2) is 0 Å². The Morgan fingerprint density at radius 1 is 1.10 bits per heavy atom. The van der Waals surface area contributed by atoms with Crippen LogP contribution in [-0.2, 0) is 0 Å². The van der Waals surface area contributed by atoms with Gasteiger partial charge in [-0.05, 0) is 53.6 Å². The van der Waals surface area contributed by atoms with Crippen LogP contribution in [0.4, 0.5) is 5.69 Å². The summed E-state index contributed by atoms with van der Waals surface area (Å²) < 4.78 is 6.77. The van der Waals surface area contributed by atoms with Crippen LogP contribution in [0.15, 0.2) is 40.9 Å². The minimum Gasteiger partial charge on any atom is -0.437 e. The number of hydrogen-bond acceptors (Lipinski definition) is 4. The van der Waals surface area contributed by atoms with Crippen molar-refractivity contribution in [1.29, 1.82) is 0 Å². The number of ether oxygens (including phenoxy) is 1. The molecule has 6 heteroatoms. The highest BCUT2D eigenvalue weighted by Crippen LogP contribution is 2.30. The molecular weight excluding hydrogens is 354 g/mol. The van der Waals surface area contributed by atoms with Crippen molar-refractivity contribution in [2.24, 2.45) is 0 Å². The second kappa shape index (κ2) is 5.50. The zero-order chi connectivity index (χ0) is 15.0. The first-order chi connectivity index (χ1) is 10.0. The maximum absolute atomic E-state index is 5.92. The van der Waals surface area contributed by atoms with E-state index in [1.54, 1.807) is 6.92 Å². The number of rotatable bonds is 2. The number of nitrogens with zero attached hydrogens (tertiary/aromatic N) is 2. The van der Waals surface area contributed by atoms with Crippen LogP contribution in [0.2, 0.25) is 5.28 Å². The van der Waals surface area contributed by atoms with Gasteiger partial charge in [-0.1, -0.05) is 28.1 Å². The zero-order valence-electron chi connectivity index (χ0n) is 11.1. The third-order valence-electron chi connectivity index (χ3n) is 3.06. The lowest BCUT2D eigenvalue weighted by molar-refractivity contribution is 0.464. The van der Waals surface area contributed by atoms with E-state index in [1.807, 2.05) is 36.4 Å². The van der Waals surface area contributed by atoms with Crippen molar-refractivity contribution in [3.63, 3.8) is 0 Å². The number of aryl methyl sites for hydroxylation is 1. The highest BCUT2D eigenvalue weighted by molar-refractivity contribution is 9.10. The predicted octanol–water partition coefficient (Wildman–Crippen LogP) is 4.73. The minimum atomic E-state index is 0.112. The quantitative estimate of drug-likeness (QED) is 0.668. The van der Waals surface area contributed by atoms with E-state index in [4.69, 9.17) is 22.1 Å². The molecule has 1 heterocycles. The van der Waals surface area contributed by atoms with Crippen LogP contribution in [0.25, 0.3) is 10.8 Å². The first kappa shape index (κ1) is 14.1. The summed E-state index contributed by atoms with van der Waals surface area (Å²) in [5, 5.41) is 2.29. The molecule has 21 heavy (non-hydrogen) atoms. The minimum absolute atomic E-state index is 0.112. The lowest BCUT2D eigenvalue weighted by Crippen LogP contribution is -2.00. The number of halogens is 2. The van der Waals surface area contributed by atoms with E-state index in [-0.39, 0.29) is 11.2 Å². The normalized spacial score (nSPS) is 10.8. The molecule has 0 unspecified atom stereocenters. The number of aromatic nitrogens is 2. The van der Waals surface area contributed by atoms with Gasteiger partial charge in [0.25, 0.3) is 0 Å². The van der Waals surface area contributed by atoms with Gasteiger partial charge >= 0.3 is 0 Å². The average Bonchev–Trinajstić information content (AvgIpc) is 2.44. The third kappa shape index (κ3) is 2.94. The fourth-order valence-electron chi connectivity index (χ4n) is 1.97. The molecule has 0 aliphatic heterocycles. The lowest BCUT2D eigenvalue weighted by atomic mass is 10.1. The van der Waals surface area contributed by atoms with Gasteiger partial charge in [-0.2, -0.15) is 4.98 Å². The maximum Gasteiger partial charge on any atom is 0.247 e. The van der Waals surface area contributed by atoms with Gasteiger partial charge in [0.1, 0.15) is 11.4 Å². The van der Waals surface area contributed by atoms with Crippen molar-refractivity contribution in [1.82, 2.24) is 9.97 Å². The largest absolute Gasteiger partial charge is 0.437 e. The van der Waals surface area contributed by atoms with E-state index in [1.165, 1.54) is 0 Å².